The molecule has 32 heavy (non-hydrogen) atoms. The van der Waals surface area contributed by atoms with E-state index in [2.05, 4.69) is 10.3 Å². The second kappa shape index (κ2) is 8.93. The molecular weight excluding hydrogens is 430 g/mol. The third-order valence-corrected chi connectivity index (χ3v) is 7.59. The number of carbonyl (C=O) groups is 1. The van der Waals surface area contributed by atoms with E-state index < -0.39 is 16.1 Å². The van der Waals surface area contributed by atoms with Gasteiger partial charge in [0.2, 0.25) is 10.0 Å². The number of nitrogens with one attached hydrogen (secondary N) is 2. The van der Waals surface area contributed by atoms with Crippen LogP contribution in [0.5, 0.6) is 5.75 Å². The van der Waals surface area contributed by atoms with Crippen LogP contribution in [0.25, 0.3) is 10.9 Å². The second-order valence-electron chi connectivity index (χ2n) is 7.78. The fourth-order valence-corrected chi connectivity index (χ4v) is 5.61. The maximum atomic E-state index is 13.2. The Morgan fingerprint density at radius 3 is 2.62 bits per heavy atom. The molecule has 1 aliphatic heterocycles. The number of benzene rings is 2. The predicted octanol–water partition coefficient (Wildman–Crippen LogP) is 3.19. The van der Waals surface area contributed by atoms with E-state index in [1.165, 1.54) is 17.5 Å². The van der Waals surface area contributed by atoms with Crippen LogP contribution >= 0.6 is 0 Å². The molecule has 0 radical (unpaired) electrons. The highest BCUT2D eigenvalue weighted by Crippen LogP contribution is 2.31. The van der Waals surface area contributed by atoms with Crippen molar-refractivity contribution in [3.63, 3.8) is 0 Å². The number of aryl methyl sites for hydroxylation is 1. The van der Waals surface area contributed by atoms with E-state index in [0.717, 1.165) is 16.6 Å². The molecule has 0 amide bonds. The lowest BCUT2D eigenvalue weighted by Gasteiger charge is -2.27. The van der Waals surface area contributed by atoms with Gasteiger partial charge in [-0.3, -0.25) is 4.79 Å². The summed E-state index contributed by atoms with van der Waals surface area (Å²) in [7, 11) is -2.33. The Balaban J connectivity index is 1.62. The van der Waals surface area contributed by atoms with Gasteiger partial charge in [0, 0.05) is 40.9 Å². The molecule has 2 heterocycles. The first kappa shape index (κ1) is 22.3. The smallest absolute Gasteiger partial charge is 0.246 e. The predicted molar refractivity (Wildman–Crippen MR) is 123 cm³/mol. The van der Waals surface area contributed by atoms with E-state index in [9.17, 15) is 13.2 Å². The normalized spacial score (nSPS) is 16.1. The molecule has 1 fully saturated rings. The van der Waals surface area contributed by atoms with Crippen molar-refractivity contribution in [3.8, 4) is 5.75 Å². The van der Waals surface area contributed by atoms with Crippen LogP contribution in [0.2, 0.25) is 0 Å². The highest BCUT2D eigenvalue weighted by molar-refractivity contribution is 7.89. The topological polar surface area (TPSA) is 101 Å². The molecule has 170 valence electrons. The van der Waals surface area contributed by atoms with Crippen LogP contribution in [-0.4, -0.2) is 62.9 Å². The summed E-state index contributed by atoms with van der Waals surface area (Å²) in [6.45, 7) is 4.93. The fourth-order valence-electron chi connectivity index (χ4n) is 4.02. The third kappa shape index (κ3) is 4.11. The zero-order valence-corrected chi connectivity index (χ0v) is 19.2. The number of aromatic amines is 1. The molecular formula is C23H27N3O5S. The van der Waals surface area contributed by atoms with Crippen molar-refractivity contribution in [2.24, 2.45) is 0 Å². The summed E-state index contributed by atoms with van der Waals surface area (Å²) in [6.07, 6.45) is 0. The van der Waals surface area contributed by atoms with Crippen LogP contribution in [0, 0.1) is 6.92 Å². The zero-order chi connectivity index (χ0) is 22.9. The number of Topliss-reactive ketones (excluding diaryl/α,β-unsaturated/α-hetero) is 1. The van der Waals surface area contributed by atoms with Gasteiger partial charge in [-0.15, -0.1) is 0 Å². The number of fused-ring (bicyclic) bond motifs is 1. The molecule has 4 rings (SSSR count). The van der Waals surface area contributed by atoms with Crippen molar-refractivity contribution in [2.75, 3.05) is 38.7 Å². The number of ketones is 1. The summed E-state index contributed by atoms with van der Waals surface area (Å²) < 4.78 is 38.4. The van der Waals surface area contributed by atoms with Crippen molar-refractivity contribution in [1.29, 1.82) is 0 Å². The first-order valence-corrected chi connectivity index (χ1v) is 11.9. The molecule has 0 spiro atoms. The molecule has 2 N–H and O–H groups in total. The van der Waals surface area contributed by atoms with Crippen LogP contribution in [0.4, 0.5) is 5.69 Å². The van der Waals surface area contributed by atoms with Gasteiger partial charge in [0.05, 0.1) is 26.4 Å². The van der Waals surface area contributed by atoms with Crippen molar-refractivity contribution in [3.05, 3.63) is 53.7 Å². The second-order valence-corrected chi connectivity index (χ2v) is 9.69. The van der Waals surface area contributed by atoms with Gasteiger partial charge in [0.25, 0.3) is 0 Å². The van der Waals surface area contributed by atoms with Crippen LogP contribution in [-0.2, 0) is 14.8 Å². The number of hydrogen-bond acceptors (Lipinski definition) is 6. The van der Waals surface area contributed by atoms with Crippen LogP contribution in [0.1, 0.15) is 23.0 Å². The molecule has 1 aromatic heterocycles. The Labute approximate surface area is 187 Å². The van der Waals surface area contributed by atoms with Crippen LogP contribution < -0.4 is 10.1 Å². The number of H-pyrrole nitrogens is 1. The molecule has 1 saturated heterocycles. The van der Waals surface area contributed by atoms with Crippen molar-refractivity contribution < 1.29 is 22.7 Å². The van der Waals surface area contributed by atoms with E-state index >= 15 is 0 Å². The third-order valence-electron chi connectivity index (χ3n) is 5.67. The van der Waals surface area contributed by atoms with E-state index in [0.29, 0.717) is 24.5 Å². The summed E-state index contributed by atoms with van der Waals surface area (Å²) in [5.74, 6) is 0.182. The van der Waals surface area contributed by atoms with E-state index in [1.807, 2.05) is 31.2 Å². The average Bonchev–Trinajstić information content (AvgIpc) is 3.14. The summed E-state index contributed by atoms with van der Waals surface area (Å²) in [6, 6.07) is 11.9. The van der Waals surface area contributed by atoms with Gasteiger partial charge in [0.1, 0.15) is 10.6 Å². The minimum atomic E-state index is -3.76. The Morgan fingerprint density at radius 2 is 1.91 bits per heavy atom. The Morgan fingerprint density at radius 1 is 1.19 bits per heavy atom. The van der Waals surface area contributed by atoms with Gasteiger partial charge in [-0.2, -0.15) is 4.31 Å². The lowest BCUT2D eigenvalue weighted by Crippen LogP contribution is -2.40. The Hall–Kier alpha value is -2.88. The van der Waals surface area contributed by atoms with Crippen LogP contribution in [0.3, 0.4) is 0 Å². The number of rotatable bonds is 7. The Bertz CT molecular complexity index is 1250. The number of hydrogen-bond donors (Lipinski definition) is 2. The van der Waals surface area contributed by atoms with Crippen molar-refractivity contribution >= 4 is 32.4 Å². The molecule has 8 nitrogen and oxygen atoms in total. The lowest BCUT2D eigenvalue weighted by atomic mass is 10.0. The number of methoxy groups -OCH3 is 1. The first-order chi connectivity index (χ1) is 15.3. The van der Waals surface area contributed by atoms with Gasteiger partial charge in [0.15, 0.2) is 5.78 Å². The Kier molecular flexibility index (Phi) is 6.23. The zero-order valence-electron chi connectivity index (χ0n) is 18.3. The molecule has 3 aromatic rings. The number of nitrogens with zero attached hydrogens (tertiary/aromatic N) is 1. The average molecular weight is 458 g/mol. The largest absolute Gasteiger partial charge is 0.495 e. The maximum absolute atomic E-state index is 13.2. The SMILES string of the molecule is COc1ccc(NC(C)C(=O)c2c(C)[nH]c3ccccc23)cc1S(=O)(=O)N1CCOCC1. The highest BCUT2D eigenvalue weighted by atomic mass is 32.2. The number of morpholine rings is 1. The highest BCUT2D eigenvalue weighted by Gasteiger charge is 2.30. The van der Waals surface area contributed by atoms with Gasteiger partial charge in [-0.05, 0) is 38.1 Å². The number of sulfonamides is 1. The number of carbonyl (C=O) groups excluding carboxylic acids is 1. The molecule has 1 aliphatic rings. The fraction of sp³-hybridized carbons (Fsp3) is 0.348. The van der Waals surface area contributed by atoms with Crippen LogP contribution in [0.15, 0.2) is 47.4 Å². The van der Waals surface area contributed by atoms with Gasteiger partial charge < -0.3 is 19.8 Å². The van der Waals surface area contributed by atoms with Gasteiger partial charge >= 0.3 is 0 Å². The van der Waals surface area contributed by atoms with E-state index in [4.69, 9.17) is 9.47 Å². The molecule has 0 saturated carbocycles. The minimum absolute atomic E-state index is 0.0647. The number of para-hydroxylation sites is 1. The first-order valence-electron chi connectivity index (χ1n) is 10.5. The van der Waals surface area contributed by atoms with Crippen molar-refractivity contribution in [1.82, 2.24) is 9.29 Å². The summed E-state index contributed by atoms with van der Waals surface area (Å²) in [5.41, 5.74) is 2.87. The van der Waals surface area contributed by atoms with E-state index in [-0.39, 0.29) is 29.5 Å². The number of anilines is 1. The molecule has 1 unspecified atom stereocenters. The molecule has 0 bridgehead atoms. The van der Waals surface area contributed by atoms with Gasteiger partial charge in [-0.1, -0.05) is 18.2 Å². The number of ether oxygens (including phenoxy) is 2. The standard InChI is InChI=1S/C23H27N3O5S/c1-15-22(18-6-4-5-7-19(18)25-15)23(27)16(2)24-17-8-9-20(30-3)21(14-17)32(28,29)26-10-12-31-13-11-26/h4-9,14,16,24-25H,10-13H2,1-3H3. The quantitative estimate of drug-likeness (QED) is 0.529. The lowest BCUT2D eigenvalue weighted by molar-refractivity contribution is 0.0729. The molecule has 9 heteroatoms. The summed E-state index contributed by atoms with van der Waals surface area (Å²) in [5, 5.41) is 4.03. The molecule has 0 aliphatic carbocycles. The molecule has 2 aromatic carbocycles. The van der Waals surface area contributed by atoms with Crippen molar-refractivity contribution in [2.45, 2.75) is 24.8 Å². The monoisotopic (exact) mass is 457 g/mol. The number of aromatic nitrogens is 1. The maximum Gasteiger partial charge on any atom is 0.246 e. The van der Waals surface area contributed by atoms with Gasteiger partial charge in [-0.25, -0.2) is 8.42 Å². The summed E-state index contributed by atoms with van der Waals surface area (Å²) in [4.78, 5) is 16.6. The molecule has 1 atom stereocenters. The van der Waals surface area contributed by atoms with E-state index in [1.54, 1.807) is 19.1 Å². The minimum Gasteiger partial charge on any atom is -0.495 e. The summed E-state index contributed by atoms with van der Waals surface area (Å²) >= 11 is 0.